The van der Waals surface area contributed by atoms with Gasteiger partial charge in [0.05, 0.1) is 6.61 Å². The minimum atomic E-state index is 0. The molecule has 2 aromatic carbocycles. The molecule has 0 bridgehead atoms. The number of halogens is 2. The van der Waals surface area contributed by atoms with E-state index in [1.54, 1.807) is 0 Å². The van der Waals surface area contributed by atoms with Gasteiger partial charge in [-0.1, -0.05) is 42.5 Å². The molecule has 0 saturated carbocycles. The molecule has 0 atom stereocenters. The fourth-order valence-electron chi connectivity index (χ4n) is 2.10. The Hall–Kier alpha value is -1.30. The molecule has 0 fully saturated rings. The highest BCUT2D eigenvalue weighted by Gasteiger charge is 1.98. The van der Waals surface area contributed by atoms with Crippen molar-refractivity contribution in [3.63, 3.8) is 0 Å². The zero-order chi connectivity index (χ0) is 15.5. The average Bonchev–Trinajstić information content (AvgIpc) is 2.57. The van der Waals surface area contributed by atoms with Crippen LogP contribution >= 0.6 is 24.8 Å². The summed E-state index contributed by atoms with van der Waals surface area (Å²) in [6.45, 7) is 3.94. The molecule has 3 N–H and O–H groups in total. The molecule has 6 heteroatoms. The van der Waals surface area contributed by atoms with Crippen molar-refractivity contribution in [2.24, 2.45) is 0 Å². The van der Waals surface area contributed by atoms with Gasteiger partial charge in [0, 0.05) is 26.2 Å². The Labute approximate surface area is 156 Å². The van der Waals surface area contributed by atoms with Crippen LogP contribution in [0.4, 0.5) is 0 Å². The summed E-state index contributed by atoms with van der Waals surface area (Å²) >= 11 is 0. The van der Waals surface area contributed by atoms with E-state index in [9.17, 15) is 0 Å². The highest BCUT2D eigenvalue weighted by atomic mass is 35.5. The molecule has 134 valence electrons. The van der Waals surface area contributed by atoms with E-state index in [2.05, 4.69) is 34.9 Å². The third kappa shape index (κ3) is 9.11. The largest absolute Gasteiger partial charge is 0.489 e. The Bertz CT molecular complexity index is 542. The van der Waals surface area contributed by atoms with Crippen LogP contribution in [0.25, 0.3) is 0 Å². The Balaban J connectivity index is 0.00000264. The predicted octanol–water partition coefficient (Wildman–Crippen LogP) is 2.78. The molecular formula is C18H26Cl2N2O2. The molecule has 2 aromatic rings. The SMILES string of the molecule is Cl.Cl.OCCNCCNCc1cccc(OCc2ccccc2)c1. The van der Waals surface area contributed by atoms with Gasteiger partial charge in [-0.2, -0.15) is 0 Å². The van der Waals surface area contributed by atoms with Crippen LogP contribution in [0.5, 0.6) is 5.75 Å². The number of rotatable bonds is 10. The van der Waals surface area contributed by atoms with Gasteiger partial charge in [-0.25, -0.2) is 0 Å². The zero-order valence-electron chi connectivity index (χ0n) is 13.6. The minimum absolute atomic E-state index is 0. The van der Waals surface area contributed by atoms with E-state index in [1.165, 1.54) is 11.1 Å². The van der Waals surface area contributed by atoms with Gasteiger partial charge in [0.15, 0.2) is 0 Å². The molecule has 4 nitrogen and oxygen atoms in total. The first-order valence-corrected chi connectivity index (χ1v) is 7.66. The lowest BCUT2D eigenvalue weighted by Gasteiger charge is -2.09. The maximum absolute atomic E-state index is 8.67. The van der Waals surface area contributed by atoms with E-state index < -0.39 is 0 Å². The summed E-state index contributed by atoms with van der Waals surface area (Å²) in [4.78, 5) is 0. The first kappa shape index (κ1) is 22.7. The summed E-state index contributed by atoms with van der Waals surface area (Å²) in [5.74, 6) is 0.890. The lowest BCUT2D eigenvalue weighted by Crippen LogP contribution is -2.28. The van der Waals surface area contributed by atoms with Crippen molar-refractivity contribution in [3.05, 3.63) is 65.7 Å². The Morgan fingerprint density at radius 3 is 2.25 bits per heavy atom. The number of hydrogen-bond acceptors (Lipinski definition) is 4. The van der Waals surface area contributed by atoms with Crippen molar-refractivity contribution in [1.82, 2.24) is 10.6 Å². The van der Waals surface area contributed by atoms with Gasteiger partial charge in [0.1, 0.15) is 12.4 Å². The third-order valence-corrected chi connectivity index (χ3v) is 3.24. The maximum atomic E-state index is 8.67. The predicted molar refractivity (Wildman–Crippen MR) is 103 cm³/mol. The van der Waals surface area contributed by atoms with Crippen LogP contribution in [0.1, 0.15) is 11.1 Å². The standard InChI is InChI=1S/C18H24N2O2.2ClH/c21-12-11-19-9-10-20-14-17-7-4-8-18(13-17)22-15-16-5-2-1-3-6-16;;/h1-8,13,19-21H,9-12,14-15H2;2*1H. The molecule has 0 spiro atoms. The Kier molecular flexibility index (Phi) is 13.3. The summed E-state index contributed by atoms with van der Waals surface area (Å²) < 4.78 is 5.82. The van der Waals surface area contributed by atoms with Crippen LogP contribution in [0, 0.1) is 0 Å². The lowest BCUT2D eigenvalue weighted by atomic mass is 10.2. The van der Waals surface area contributed by atoms with Crippen LogP contribution in [-0.4, -0.2) is 31.3 Å². The van der Waals surface area contributed by atoms with E-state index in [-0.39, 0.29) is 31.4 Å². The molecule has 2 rings (SSSR count). The van der Waals surface area contributed by atoms with Gasteiger partial charge in [0.2, 0.25) is 0 Å². The van der Waals surface area contributed by atoms with Crippen molar-refractivity contribution in [2.45, 2.75) is 13.2 Å². The van der Waals surface area contributed by atoms with Crippen molar-refractivity contribution in [2.75, 3.05) is 26.2 Å². The Morgan fingerprint density at radius 1 is 0.792 bits per heavy atom. The topological polar surface area (TPSA) is 53.5 Å². The molecule has 0 unspecified atom stereocenters. The van der Waals surface area contributed by atoms with E-state index in [0.717, 1.165) is 25.4 Å². The molecule has 0 radical (unpaired) electrons. The normalized spacial score (nSPS) is 9.71. The van der Waals surface area contributed by atoms with Gasteiger partial charge in [0.25, 0.3) is 0 Å². The first-order chi connectivity index (χ1) is 10.9. The molecule has 0 aliphatic heterocycles. The van der Waals surface area contributed by atoms with Crippen molar-refractivity contribution in [1.29, 1.82) is 0 Å². The molecule has 0 aromatic heterocycles. The fourth-order valence-corrected chi connectivity index (χ4v) is 2.10. The van der Waals surface area contributed by atoms with Gasteiger partial charge >= 0.3 is 0 Å². The lowest BCUT2D eigenvalue weighted by molar-refractivity contribution is 0.292. The number of aliphatic hydroxyl groups is 1. The van der Waals surface area contributed by atoms with E-state index in [4.69, 9.17) is 9.84 Å². The average molecular weight is 373 g/mol. The van der Waals surface area contributed by atoms with Gasteiger partial charge in [-0.05, 0) is 23.3 Å². The summed E-state index contributed by atoms with van der Waals surface area (Å²) in [5.41, 5.74) is 2.37. The maximum Gasteiger partial charge on any atom is 0.120 e. The second-order valence-corrected chi connectivity index (χ2v) is 5.07. The molecule has 0 saturated heterocycles. The summed E-state index contributed by atoms with van der Waals surface area (Å²) in [5, 5.41) is 15.2. The Morgan fingerprint density at radius 2 is 1.50 bits per heavy atom. The number of ether oxygens (including phenoxy) is 1. The molecular weight excluding hydrogens is 347 g/mol. The second kappa shape index (κ2) is 14.1. The highest BCUT2D eigenvalue weighted by Crippen LogP contribution is 2.15. The van der Waals surface area contributed by atoms with E-state index >= 15 is 0 Å². The van der Waals surface area contributed by atoms with Crippen molar-refractivity contribution in [3.8, 4) is 5.75 Å². The smallest absolute Gasteiger partial charge is 0.120 e. The minimum Gasteiger partial charge on any atom is -0.489 e. The second-order valence-electron chi connectivity index (χ2n) is 5.07. The van der Waals surface area contributed by atoms with E-state index in [1.807, 2.05) is 30.3 Å². The zero-order valence-corrected chi connectivity index (χ0v) is 15.2. The number of nitrogens with one attached hydrogen (secondary N) is 2. The fraction of sp³-hybridized carbons (Fsp3) is 0.333. The summed E-state index contributed by atoms with van der Waals surface area (Å²) in [6, 6.07) is 18.3. The van der Waals surface area contributed by atoms with Crippen molar-refractivity contribution >= 4 is 24.8 Å². The van der Waals surface area contributed by atoms with E-state index in [0.29, 0.717) is 13.2 Å². The highest BCUT2D eigenvalue weighted by molar-refractivity contribution is 5.85. The molecule has 0 aliphatic rings. The van der Waals surface area contributed by atoms with Crippen LogP contribution in [-0.2, 0) is 13.2 Å². The molecule has 0 aliphatic carbocycles. The number of aliphatic hydroxyl groups excluding tert-OH is 1. The monoisotopic (exact) mass is 372 g/mol. The number of benzene rings is 2. The van der Waals surface area contributed by atoms with Gasteiger partial charge < -0.3 is 20.5 Å². The number of hydrogen-bond donors (Lipinski definition) is 3. The molecule has 0 heterocycles. The van der Waals surface area contributed by atoms with Crippen LogP contribution in [0.3, 0.4) is 0 Å². The summed E-state index contributed by atoms with van der Waals surface area (Å²) in [7, 11) is 0. The third-order valence-electron chi connectivity index (χ3n) is 3.24. The molecule has 0 amide bonds. The van der Waals surface area contributed by atoms with Crippen LogP contribution < -0.4 is 15.4 Å². The summed E-state index contributed by atoms with van der Waals surface area (Å²) in [6.07, 6.45) is 0. The quantitative estimate of drug-likeness (QED) is 0.561. The van der Waals surface area contributed by atoms with Crippen LogP contribution in [0.2, 0.25) is 0 Å². The van der Waals surface area contributed by atoms with Crippen LogP contribution in [0.15, 0.2) is 54.6 Å². The first-order valence-electron chi connectivity index (χ1n) is 7.66. The van der Waals surface area contributed by atoms with Gasteiger partial charge in [-0.15, -0.1) is 24.8 Å². The van der Waals surface area contributed by atoms with Crippen molar-refractivity contribution < 1.29 is 9.84 Å². The van der Waals surface area contributed by atoms with Gasteiger partial charge in [-0.3, -0.25) is 0 Å². The molecule has 24 heavy (non-hydrogen) atoms.